The second-order valence-corrected chi connectivity index (χ2v) is 12.1. The molecule has 1 saturated carbocycles. The van der Waals surface area contributed by atoms with Crippen LogP contribution in [0.5, 0.6) is 0 Å². The third-order valence-corrected chi connectivity index (χ3v) is 8.72. The predicted molar refractivity (Wildman–Crippen MR) is 169 cm³/mol. The molecule has 1 fully saturated rings. The first-order valence-corrected chi connectivity index (χ1v) is 15.6. The van der Waals surface area contributed by atoms with E-state index in [0.29, 0.717) is 35.8 Å². The van der Waals surface area contributed by atoms with Gasteiger partial charge in [-0.25, -0.2) is 0 Å². The number of hydrogen-bond donors (Lipinski definition) is 3. The molecule has 8 heteroatoms. The first kappa shape index (κ1) is 28.3. The fraction of sp³-hybridized carbons (Fsp3) is 0.382. The van der Waals surface area contributed by atoms with Gasteiger partial charge in [-0.05, 0) is 78.1 Å². The first-order valence-electron chi connectivity index (χ1n) is 15.2. The number of carbonyl (C=O) groups excluding carboxylic acids is 1. The summed E-state index contributed by atoms with van der Waals surface area (Å²) in [5, 5.41) is 10.8. The molecule has 3 N–H and O–H groups in total. The van der Waals surface area contributed by atoms with Gasteiger partial charge >= 0.3 is 0 Å². The van der Waals surface area contributed by atoms with Crippen LogP contribution in [0.15, 0.2) is 73.1 Å². The zero-order valence-electron chi connectivity index (χ0n) is 24.0. The molecule has 0 saturated heterocycles. The molecule has 2 aliphatic rings. The van der Waals surface area contributed by atoms with Gasteiger partial charge in [-0.3, -0.25) is 4.79 Å². The van der Waals surface area contributed by atoms with Crippen LogP contribution >= 0.6 is 11.6 Å². The van der Waals surface area contributed by atoms with Crippen LogP contribution in [0.1, 0.15) is 67.2 Å². The molecule has 1 amide bonds. The molecule has 6 rings (SSSR count). The Morgan fingerprint density at radius 3 is 2.52 bits per heavy atom. The highest BCUT2D eigenvalue weighted by atomic mass is 35.5. The van der Waals surface area contributed by atoms with E-state index in [1.54, 1.807) is 0 Å². The third kappa shape index (κ3) is 7.32. The summed E-state index contributed by atoms with van der Waals surface area (Å²) in [7, 11) is 0. The minimum Gasteiger partial charge on any atom is -0.358 e. The van der Waals surface area contributed by atoms with Gasteiger partial charge in [-0.1, -0.05) is 74.0 Å². The van der Waals surface area contributed by atoms with Gasteiger partial charge in [-0.15, -0.1) is 0 Å². The van der Waals surface area contributed by atoms with Crippen LogP contribution < -0.4 is 16.0 Å². The van der Waals surface area contributed by atoms with Crippen molar-refractivity contribution in [3.05, 3.63) is 100 Å². The lowest BCUT2D eigenvalue weighted by Crippen LogP contribution is -2.41. The molecule has 2 aromatic heterocycles. The summed E-state index contributed by atoms with van der Waals surface area (Å²) in [6.07, 6.45) is 14.3. The van der Waals surface area contributed by atoms with E-state index in [0.717, 1.165) is 36.2 Å². The van der Waals surface area contributed by atoms with Crippen molar-refractivity contribution in [2.45, 2.75) is 76.9 Å². The number of benzene rings is 2. The van der Waals surface area contributed by atoms with Crippen LogP contribution in [0, 0.1) is 5.92 Å². The van der Waals surface area contributed by atoms with Crippen molar-refractivity contribution in [1.82, 2.24) is 19.9 Å². The summed E-state index contributed by atoms with van der Waals surface area (Å²) < 4.78 is 1.95. The molecule has 2 aliphatic carbocycles. The summed E-state index contributed by atoms with van der Waals surface area (Å²) >= 11 is 6.19. The van der Waals surface area contributed by atoms with E-state index in [4.69, 9.17) is 21.6 Å². The number of hydrogen-bond acceptors (Lipinski definition) is 5. The van der Waals surface area contributed by atoms with Gasteiger partial charge in [0.25, 0.3) is 0 Å². The second-order valence-electron chi connectivity index (χ2n) is 11.6. The first-order chi connectivity index (χ1) is 20.6. The number of halogens is 1. The zero-order chi connectivity index (χ0) is 28.7. The number of nitrogens with one attached hydrogen (secondary N) is 3. The highest BCUT2D eigenvalue weighted by Gasteiger charge is 2.25. The number of aromatic nitrogens is 3. The lowest BCUT2D eigenvalue weighted by molar-refractivity contribution is -0.122. The number of rotatable bonds is 11. The molecule has 2 aromatic carbocycles. The Kier molecular flexibility index (Phi) is 9.04. The van der Waals surface area contributed by atoms with E-state index in [9.17, 15) is 4.79 Å². The molecule has 0 bridgehead atoms. The van der Waals surface area contributed by atoms with Crippen LogP contribution in [0.4, 0.5) is 11.8 Å². The summed E-state index contributed by atoms with van der Waals surface area (Å²) in [4.78, 5) is 23.3. The maximum Gasteiger partial charge on any atom is 0.242 e. The van der Waals surface area contributed by atoms with Crippen molar-refractivity contribution in [3.8, 4) is 5.82 Å². The monoisotopic (exact) mass is 582 g/mol. The van der Waals surface area contributed by atoms with E-state index < -0.39 is 6.04 Å². The zero-order valence-corrected chi connectivity index (χ0v) is 24.7. The molecular formula is C34H39ClN6O. The lowest BCUT2D eigenvalue weighted by atomic mass is 9.84. The Hall–Kier alpha value is -3.84. The number of nitrogens with zero attached hydrogens (tertiary/aromatic N) is 3. The standard InChI is InChI=1S/C34H39ClN6O/c35-29-13-6-10-25(19-29)23-37-34-39-31(21-32(40-34)41-16-4-5-17-41)38-30(20-24-8-2-1-3-9-24)33(42)36-22-26-14-15-27-11-7-12-28(27)18-26/h4-6,10,13-19,21,24,30H,1-3,7-9,11-12,20,22-23H2,(H,36,42)(H2,37,38,39,40). The largest absolute Gasteiger partial charge is 0.358 e. The highest BCUT2D eigenvalue weighted by Crippen LogP contribution is 2.29. The Balaban J connectivity index is 1.21. The van der Waals surface area contributed by atoms with Gasteiger partial charge in [0.05, 0.1) is 0 Å². The van der Waals surface area contributed by atoms with Gasteiger partial charge in [-0.2, -0.15) is 9.97 Å². The summed E-state index contributed by atoms with van der Waals surface area (Å²) in [6, 6.07) is 19.8. The molecule has 2 heterocycles. The van der Waals surface area contributed by atoms with E-state index >= 15 is 0 Å². The third-order valence-electron chi connectivity index (χ3n) is 8.48. The van der Waals surface area contributed by atoms with Crippen LogP contribution in [-0.4, -0.2) is 26.5 Å². The average molecular weight is 583 g/mol. The summed E-state index contributed by atoms with van der Waals surface area (Å²) in [6.45, 7) is 1.06. The van der Waals surface area contributed by atoms with Gasteiger partial charge in [0, 0.05) is 36.6 Å². The van der Waals surface area contributed by atoms with Crippen LogP contribution in [-0.2, 0) is 30.7 Å². The number of carbonyl (C=O) groups is 1. The fourth-order valence-corrected chi connectivity index (χ4v) is 6.46. The summed E-state index contributed by atoms with van der Waals surface area (Å²) in [5.41, 5.74) is 5.07. The molecule has 42 heavy (non-hydrogen) atoms. The quantitative estimate of drug-likeness (QED) is 0.176. The molecule has 0 aliphatic heterocycles. The second kappa shape index (κ2) is 13.4. The van der Waals surface area contributed by atoms with Gasteiger partial charge < -0.3 is 20.5 Å². The SMILES string of the molecule is O=C(NCc1ccc2c(c1)CCC2)C(CC1CCCCC1)Nc1cc(-n2cccc2)nc(NCc2cccc(Cl)c2)n1. The van der Waals surface area contributed by atoms with Gasteiger partial charge in [0.2, 0.25) is 11.9 Å². The normalized spacial score (nSPS) is 15.6. The minimum atomic E-state index is -0.393. The van der Waals surface area contributed by atoms with Crippen molar-refractivity contribution in [3.63, 3.8) is 0 Å². The number of fused-ring (bicyclic) bond motifs is 1. The van der Waals surface area contributed by atoms with Crippen molar-refractivity contribution < 1.29 is 4.79 Å². The molecule has 0 spiro atoms. The van der Waals surface area contributed by atoms with Crippen LogP contribution in [0.2, 0.25) is 5.02 Å². The maximum atomic E-state index is 13.7. The molecular weight excluding hydrogens is 544 g/mol. The van der Waals surface area contributed by atoms with Crippen molar-refractivity contribution >= 4 is 29.3 Å². The fourth-order valence-electron chi connectivity index (χ4n) is 6.25. The topological polar surface area (TPSA) is 83.9 Å². The molecule has 218 valence electrons. The Morgan fingerprint density at radius 1 is 0.881 bits per heavy atom. The number of anilines is 2. The van der Waals surface area contributed by atoms with E-state index in [1.807, 2.05) is 59.4 Å². The minimum absolute atomic E-state index is 0.00985. The highest BCUT2D eigenvalue weighted by molar-refractivity contribution is 6.30. The number of aryl methyl sites for hydroxylation is 2. The Bertz CT molecular complexity index is 1500. The smallest absolute Gasteiger partial charge is 0.242 e. The summed E-state index contributed by atoms with van der Waals surface area (Å²) in [5.74, 6) is 2.36. The average Bonchev–Trinajstić information content (AvgIpc) is 3.72. The lowest BCUT2D eigenvalue weighted by Gasteiger charge is -2.27. The Morgan fingerprint density at radius 2 is 1.69 bits per heavy atom. The molecule has 7 nitrogen and oxygen atoms in total. The van der Waals surface area contributed by atoms with Crippen LogP contribution in [0.25, 0.3) is 5.82 Å². The predicted octanol–water partition coefficient (Wildman–Crippen LogP) is 7.09. The molecule has 4 aromatic rings. The molecule has 1 unspecified atom stereocenters. The van der Waals surface area contributed by atoms with Crippen molar-refractivity contribution in [2.24, 2.45) is 5.92 Å². The van der Waals surface area contributed by atoms with Gasteiger partial charge in [0.15, 0.2) is 0 Å². The Labute approximate surface area is 253 Å². The molecule has 0 radical (unpaired) electrons. The molecule has 1 atom stereocenters. The van der Waals surface area contributed by atoms with Crippen molar-refractivity contribution in [1.29, 1.82) is 0 Å². The van der Waals surface area contributed by atoms with E-state index in [1.165, 1.54) is 49.7 Å². The van der Waals surface area contributed by atoms with Crippen molar-refractivity contribution in [2.75, 3.05) is 10.6 Å². The maximum absolute atomic E-state index is 13.7. The van der Waals surface area contributed by atoms with E-state index in [2.05, 4.69) is 34.1 Å². The van der Waals surface area contributed by atoms with Crippen LogP contribution in [0.3, 0.4) is 0 Å². The number of amides is 1. The van der Waals surface area contributed by atoms with Gasteiger partial charge in [0.1, 0.15) is 17.7 Å². The van der Waals surface area contributed by atoms with E-state index in [-0.39, 0.29) is 5.91 Å².